The van der Waals surface area contributed by atoms with Gasteiger partial charge < -0.3 is 9.47 Å². The monoisotopic (exact) mass is 313 g/mol. The van der Waals surface area contributed by atoms with E-state index in [-0.39, 0.29) is 22.3 Å². The first-order chi connectivity index (χ1) is 10.0. The number of ketones is 1. The number of aromatic nitrogens is 1. The fourth-order valence-electron chi connectivity index (χ4n) is 2.45. The van der Waals surface area contributed by atoms with Crippen molar-refractivity contribution in [2.75, 3.05) is 7.11 Å². The molecule has 0 amide bonds. The Hall–Kier alpha value is -1.95. The predicted octanol–water partition coefficient (Wildman–Crippen LogP) is 3.63. The number of alkyl halides is 2. The number of aryl methyl sites for hydroxylation is 1. The summed E-state index contributed by atoms with van der Waals surface area (Å²) in [6.07, 6.45) is 0.858. The van der Waals surface area contributed by atoms with Crippen molar-refractivity contribution in [2.24, 2.45) is 0 Å². The maximum Gasteiger partial charge on any atom is 0.387 e. The third-order valence-corrected chi connectivity index (χ3v) is 3.76. The number of hydrogen-bond donors (Lipinski definition) is 0. The topological polar surface area (TPSA) is 48.4 Å². The third kappa shape index (κ3) is 2.29. The van der Waals surface area contributed by atoms with Gasteiger partial charge in [-0.2, -0.15) is 8.78 Å². The Morgan fingerprint density at radius 3 is 2.71 bits per heavy atom. The van der Waals surface area contributed by atoms with Crippen LogP contribution in [0.2, 0.25) is 5.02 Å². The van der Waals surface area contributed by atoms with E-state index in [2.05, 4.69) is 9.72 Å². The van der Waals surface area contributed by atoms with Crippen molar-refractivity contribution in [3.63, 3.8) is 0 Å². The highest BCUT2D eigenvalue weighted by atomic mass is 35.5. The smallest absolute Gasteiger partial charge is 0.387 e. The summed E-state index contributed by atoms with van der Waals surface area (Å²) >= 11 is 6.26. The summed E-state index contributed by atoms with van der Waals surface area (Å²) in [5, 5.41) is 0.753. The highest BCUT2D eigenvalue weighted by Crippen LogP contribution is 2.39. The van der Waals surface area contributed by atoms with Crippen molar-refractivity contribution in [3.05, 3.63) is 28.4 Å². The zero-order chi connectivity index (χ0) is 15.1. The van der Waals surface area contributed by atoms with Gasteiger partial charge in [-0.15, -0.1) is 0 Å². The normalized spacial score (nSPS) is 13.9. The number of Topliss-reactive ketones (excluding diaryl/α,β-unsaturated/α-hetero) is 1. The van der Waals surface area contributed by atoms with E-state index in [1.807, 2.05) is 0 Å². The van der Waals surface area contributed by atoms with Crippen LogP contribution in [0.5, 0.6) is 11.5 Å². The van der Waals surface area contributed by atoms with Crippen molar-refractivity contribution in [1.82, 2.24) is 4.98 Å². The second-order valence-corrected chi connectivity index (χ2v) is 4.95. The molecule has 7 heteroatoms. The molecule has 0 unspecified atom stereocenters. The molecule has 0 atom stereocenters. The third-order valence-electron chi connectivity index (χ3n) is 3.37. The molecule has 110 valence electrons. The van der Waals surface area contributed by atoms with Gasteiger partial charge >= 0.3 is 6.61 Å². The fourth-order valence-corrected chi connectivity index (χ4v) is 2.81. The van der Waals surface area contributed by atoms with Gasteiger partial charge in [-0.1, -0.05) is 11.6 Å². The van der Waals surface area contributed by atoms with Crippen molar-refractivity contribution in [2.45, 2.75) is 19.5 Å². The second kappa shape index (κ2) is 5.11. The lowest BCUT2D eigenvalue weighted by atomic mass is 10.1. The number of ether oxygens (including phenoxy) is 2. The Balaban J connectivity index is 2.25. The molecule has 0 N–H and O–H groups in total. The Morgan fingerprint density at radius 1 is 1.29 bits per heavy atom. The Bertz CT molecular complexity index is 749. The van der Waals surface area contributed by atoms with Crippen molar-refractivity contribution >= 4 is 28.3 Å². The Kier molecular flexibility index (Phi) is 3.41. The van der Waals surface area contributed by atoms with Crippen LogP contribution >= 0.6 is 11.6 Å². The largest absolute Gasteiger partial charge is 0.493 e. The van der Waals surface area contributed by atoms with Crippen molar-refractivity contribution in [1.29, 1.82) is 0 Å². The number of methoxy groups -OCH3 is 1. The summed E-state index contributed by atoms with van der Waals surface area (Å²) in [4.78, 5) is 16.1. The van der Waals surface area contributed by atoms with Gasteiger partial charge in [-0.3, -0.25) is 9.78 Å². The predicted molar refractivity (Wildman–Crippen MR) is 72.6 cm³/mol. The van der Waals surface area contributed by atoms with E-state index in [0.717, 1.165) is 0 Å². The van der Waals surface area contributed by atoms with Crippen LogP contribution in [0.3, 0.4) is 0 Å². The molecule has 1 aliphatic rings. The molecule has 0 aliphatic heterocycles. The number of nitrogens with zero attached hydrogens (tertiary/aromatic N) is 1. The van der Waals surface area contributed by atoms with E-state index in [0.29, 0.717) is 35.0 Å². The molecule has 1 aromatic carbocycles. The molecule has 3 rings (SSSR count). The van der Waals surface area contributed by atoms with Crippen LogP contribution in [0.4, 0.5) is 8.78 Å². The lowest BCUT2D eigenvalue weighted by Gasteiger charge is -2.12. The molecule has 0 fully saturated rings. The summed E-state index contributed by atoms with van der Waals surface area (Å²) in [5.41, 5.74) is 1.39. The number of carbonyl (C=O) groups excluding carboxylic acids is 1. The zero-order valence-corrected chi connectivity index (χ0v) is 11.7. The summed E-state index contributed by atoms with van der Waals surface area (Å²) < 4.78 is 34.3. The zero-order valence-electron chi connectivity index (χ0n) is 11.0. The molecule has 1 heterocycles. The minimum atomic E-state index is -2.97. The molecular weight excluding hydrogens is 304 g/mol. The van der Waals surface area contributed by atoms with Crippen LogP contribution < -0.4 is 9.47 Å². The van der Waals surface area contributed by atoms with Crippen LogP contribution in [0.25, 0.3) is 10.9 Å². The van der Waals surface area contributed by atoms with E-state index in [1.165, 1.54) is 19.2 Å². The molecule has 0 radical (unpaired) electrons. The molecule has 0 bridgehead atoms. The average molecular weight is 314 g/mol. The van der Waals surface area contributed by atoms with Gasteiger partial charge in [0.25, 0.3) is 0 Å². The van der Waals surface area contributed by atoms with Crippen LogP contribution in [-0.4, -0.2) is 24.5 Å². The average Bonchev–Trinajstić information content (AvgIpc) is 2.79. The highest BCUT2D eigenvalue weighted by Gasteiger charge is 2.26. The lowest BCUT2D eigenvalue weighted by molar-refractivity contribution is -0.0511. The first-order valence-electron chi connectivity index (χ1n) is 6.19. The standard InChI is InChI=1S/C14H10ClF2NO3/c1-20-10-4-6-8(5-11(10)21-14(16)17)18-7-2-3-9(19)12(7)13(6)15/h4-5,14H,2-3H2,1H3. The number of hydrogen-bond acceptors (Lipinski definition) is 4. The number of rotatable bonds is 3. The molecule has 21 heavy (non-hydrogen) atoms. The first-order valence-corrected chi connectivity index (χ1v) is 6.57. The number of carbonyl (C=O) groups is 1. The number of fused-ring (bicyclic) bond motifs is 2. The van der Waals surface area contributed by atoms with E-state index < -0.39 is 6.61 Å². The highest BCUT2D eigenvalue weighted by molar-refractivity contribution is 6.39. The fraction of sp³-hybridized carbons (Fsp3) is 0.286. The Morgan fingerprint density at radius 2 is 2.05 bits per heavy atom. The molecular formula is C14H10ClF2NO3. The van der Waals surface area contributed by atoms with Gasteiger partial charge in [0.05, 0.1) is 28.9 Å². The molecule has 1 aliphatic carbocycles. The maximum atomic E-state index is 12.4. The lowest BCUT2D eigenvalue weighted by Crippen LogP contribution is -2.04. The van der Waals surface area contributed by atoms with Gasteiger partial charge in [0.2, 0.25) is 0 Å². The van der Waals surface area contributed by atoms with Crippen molar-refractivity contribution in [3.8, 4) is 11.5 Å². The van der Waals surface area contributed by atoms with Gasteiger partial charge in [0.1, 0.15) is 0 Å². The Labute approximate surface area is 123 Å². The summed E-state index contributed by atoms with van der Waals surface area (Å²) in [6.45, 7) is -2.97. The van der Waals surface area contributed by atoms with Crippen LogP contribution in [0.1, 0.15) is 22.5 Å². The molecule has 0 saturated heterocycles. The van der Waals surface area contributed by atoms with E-state index in [9.17, 15) is 13.6 Å². The van der Waals surface area contributed by atoms with Gasteiger partial charge in [0.15, 0.2) is 17.3 Å². The van der Waals surface area contributed by atoms with Crippen LogP contribution in [0, 0.1) is 0 Å². The minimum Gasteiger partial charge on any atom is -0.493 e. The molecule has 2 aromatic rings. The van der Waals surface area contributed by atoms with Crippen molar-refractivity contribution < 1.29 is 23.0 Å². The summed E-state index contributed by atoms with van der Waals surface area (Å²) in [6, 6.07) is 2.80. The minimum absolute atomic E-state index is 0.0590. The first kappa shape index (κ1) is 14.0. The summed E-state index contributed by atoms with van der Waals surface area (Å²) in [5.74, 6) is -0.0685. The van der Waals surface area contributed by atoms with Gasteiger partial charge in [0, 0.05) is 17.9 Å². The van der Waals surface area contributed by atoms with Crippen LogP contribution in [-0.2, 0) is 6.42 Å². The van der Waals surface area contributed by atoms with E-state index >= 15 is 0 Å². The maximum absolute atomic E-state index is 12.4. The summed E-state index contributed by atoms with van der Waals surface area (Å²) in [7, 11) is 1.33. The number of halogens is 3. The van der Waals surface area contributed by atoms with Gasteiger partial charge in [-0.25, -0.2) is 0 Å². The van der Waals surface area contributed by atoms with E-state index in [1.54, 1.807) is 0 Å². The van der Waals surface area contributed by atoms with E-state index in [4.69, 9.17) is 16.3 Å². The number of benzene rings is 1. The SMILES string of the molecule is COc1cc2c(Cl)c3c(nc2cc1OC(F)F)CCC3=O. The molecule has 1 aromatic heterocycles. The quantitative estimate of drug-likeness (QED) is 0.868. The number of pyridine rings is 1. The molecule has 4 nitrogen and oxygen atoms in total. The van der Waals surface area contributed by atoms with Gasteiger partial charge in [-0.05, 0) is 12.5 Å². The van der Waals surface area contributed by atoms with Crippen LogP contribution in [0.15, 0.2) is 12.1 Å². The molecule has 0 saturated carbocycles. The second-order valence-electron chi connectivity index (χ2n) is 4.57. The molecule has 0 spiro atoms.